The molecule has 1 saturated heterocycles. The summed E-state index contributed by atoms with van der Waals surface area (Å²) >= 11 is 0. The molecule has 158 valence electrons. The standard InChI is InChI=1S/C21H29N3O5/c1-5-7-12-21(4)19(27)24(20(28)23-21)13-17(25)29-14(3)18(26)22-16-10-8-15(6-2)9-11-16/h8-11,14H,5-7,12-13H2,1-4H3,(H,22,26)(H,23,28)/t14-,21+/m0/s1. The number of urea groups is 1. The molecule has 2 N–H and O–H groups in total. The highest BCUT2D eigenvalue weighted by Gasteiger charge is 2.48. The number of nitrogens with zero attached hydrogens (tertiary/aromatic N) is 1. The molecule has 0 radical (unpaired) electrons. The average Bonchev–Trinajstić information content (AvgIpc) is 2.90. The molecular formula is C21H29N3O5. The van der Waals surface area contributed by atoms with E-state index in [4.69, 9.17) is 4.74 Å². The van der Waals surface area contributed by atoms with Gasteiger partial charge in [-0.1, -0.05) is 38.8 Å². The molecule has 1 heterocycles. The van der Waals surface area contributed by atoms with Crippen LogP contribution < -0.4 is 10.6 Å². The summed E-state index contributed by atoms with van der Waals surface area (Å²) in [5.74, 6) is -1.77. The Bertz CT molecular complexity index is 777. The lowest BCUT2D eigenvalue weighted by molar-refractivity contribution is -0.155. The van der Waals surface area contributed by atoms with Gasteiger partial charge in [-0.3, -0.25) is 19.3 Å². The molecule has 1 aliphatic heterocycles. The Morgan fingerprint density at radius 3 is 2.45 bits per heavy atom. The lowest BCUT2D eigenvalue weighted by atomic mass is 9.95. The zero-order valence-electron chi connectivity index (χ0n) is 17.4. The molecule has 2 rings (SSSR count). The Labute approximate surface area is 171 Å². The SMILES string of the molecule is CCCC[C@@]1(C)NC(=O)N(CC(=O)O[C@@H](C)C(=O)Nc2ccc(CC)cc2)C1=O. The van der Waals surface area contributed by atoms with E-state index in [0.717, 1.165) is 29.7 Å². The van der Waals surface area contributed by atoms with E-state index in [2.05, 4.69) is 10.6 Å². The first kappa shape index (κ1) is 22.4. The van der Waals surface area contributed by atoms with Gasteiger partial charge in [0.1, 0.15) is 12.1 Å². The Balaban J connectivity index is 1.89. The first-order chi connectivity index (χ1) is 13.7. The van der Waals surface area contributed by atoms with Gasteiger partial charge in [-0.2, -0.15) is 0 Å². The van der Waals surface area contributed by atoms with Crippen molar-refractivity contribution >= 4 is 29.5 Å². The van der Waals surface area contributed by atoms with Crippen LogP contribution in [0.3, 0.4) is 0 Å². The first-order valence-corrected chi connectivity index (χ1v) is 9.93. The van der Waals surface area contributed by atoms with Gasteiger partial charge in [0.15, 0.2) is 6.10 Å². The first-order valence-electron chi connectivity index (χ1n) is 9.93. The zero-order chi connectivity index (χ0) is 21.6. The number of unbranched alkanes of at least 4 members (excludes halogenated alkanes) is 1. The van der Waals surface area contributed by atoms with Crippen LogP contribution in [-0.4, -0.2) is 46.9 Å². The molecular weight excluding hydrogens is 374 g/mol. The molecule has 0 spiro atoms. The molecule has 0 saturated carbocycles. The van der Waals surface area contributed by atoms with Gasteiger partial charge in [-0.05, 0) is 44.4 Å². The Morgan fingerprint density at radius 1 is 1.21 bits per heavy atom. The minimum atomic E-state index is -1.07. The molecule has 0 unspecified atom stereocenters. The van der Waals surface area contributed by atoms with Crippen LogP contribution in [0.15, 0.2) is 24.3 Å². The minimum absolute atomic E-state index is 0.457. The fraction of sp³-hybridized carbons (Fsp3) is 0.524. The number of hydrogen-bond donors (Lipinski definition) is 2. The molecule has 2 atom stereocenters. The number of carbonyl (C=O) groups is 4. The highest BCUT2D eigenvalue weighted by molar-refractivity contribution is 6.08. The monoisotopic (exact) mass is 403 g/mol. The van der Waals surface area contributed by atoms with Gasteiger partial charge in [0.05, 0.1) is 0 Å². The van der Waals surface area contributed by atoms with Crippen molar-refractivity contribution in [2.45, 2.75) is 65.0 Å². The summed E-state index contributed by atoms with van der Waals surface area (Å²) in [5, 5.41) is 5.31. The number of carbonyl (C=O) groups excluding carboxylic acids is 4. The van der Waals surface area contributed by atoms with E-state index < -0.39 is 42.0 Å². The highest BCUT2D eigenvalue weighted by atomic mass is 16.5. The van der Waals surface area contributed by atoms with Crippen molar-refractivity contribution in [3.63, 3.8) is 0 Å². The summed E-state index contributed by atoms with van der Waals surface area (Å²) in [6, 6.07) is 6.73. The van der Waals surface area contributed by atoms with Crippen LogP contribution in [-0.2, 0) is 25.5 Å². The molecule has 1 aliphatic rings. The largest absolute Gasteiger partial charge is 0.451 e. The fourth-order valence-electron chi connectivity index (χ4n) is 3.08. The van der Waals surface area contributed by atoms with E-state index in [9.17, 15) is 19.2 Å². The number of hydrogen-bond acceptors (Lipinski definition) is 5. The molecule has 1 aromatic rings. The van der Waals surface area contributed by atoms with E-state index in [1.807, 2.05) is 26.0 Å². The van der Waals surface area contributed by atoms with Crippen molar-refractivity contribution in [3.8, 4) is 0 Å². The van der Waals surface area contributed by atoms with E-state index >= 15 is 0 Å². The second kappa shape index (κ2) is 9.54. The third kappa shape index (κ3) is 5.56. The smallest absolute Gasteiger partial charge is 0.327 e. The molecule has 0 aliphatic carbocycles. The zero-order valence-corrected chi connectivity index (χ0v) is 17.4. The Morgan fingerprint density at radius 2 is 1.86 bits per heavy atom. The average molecular weight is 403 g/mol. The van der Waals surface area contributed by atoms with Crippen LogP contribution in [0.2, 0.25) is 0 Å². The van der Waals surface area contributed by atoms with Gasteiger partial charge in [-0.25, -0.2) is 4.79 Å². The number of anilines is 1. The molecule has 1 fully saturated rings. The summed E-state index contributed by atoms with van der Waals surface area (Å²) in [5.41, 5.74) is 0.721. The molecule has 1 aromatic carbocycles. The van der Waals surface area contributed by atoms with E-state index in [0.29, 0.717) is 12.1 Å². The van der Waals surface area contributed by atoms with Crippen LogP contribution >= 0.6 is 0 Å². The molecule has 0 aromatic heterocycles. The van der Waals surface area contributed by atoms with Crippen LogP contribution in [0.1, 0.15) is 52.5 Å². The van der Waals surface area contributed by atoms with Crippen molar-refractivity contribution in [1.29, 1.82) is 0 Å². The van der Waals surface area contributed by atoms with Gasteiger partial charge in [0.25, 0.3) is 11.8 Å². The van der Waals surface area contributed by atoms with Crippen LogP contribution in [0, 0.1) is 0 Å². The predicted molar refractivity (Wildman–Crippen MR) is 108 cm³/mol. The van der Waals surface area contributed by atoms with Crippen LogP contribution in [0.4, 0.5) is 10.5 Å². The van der Waals surface area contributed by atoms with Crippen molar-refractivity contribution in [1.82, 2.24) is 10.2 Å². The quantitative estimate of drug-likeness (QED) is 0.487. The van der Waals surface area contributed by atoms with Crippen molar-refractivity contribution in [2.24, 2.45) is 0 Å². The topological polar surface area (TPSA) is 105 Å². The number of imide groups is 1. The number of aryl methyl sites for hydroxylation is 1. The highest BCUT2D eigenvalue weighted by Crippen LogP contribution is 2.23. The third-order valence-electron chi connectivity index (χ3n) is 4.97. The Kier molecular flexibility index (Phi) is 7.36. The van der Waals surface area contributed by atoms with Gasteiger partial charge >= 0.3 is 12.0 Å². The Hall–Kier alpha value is -2.90. The van der Waals surface area contributed by atoms with E-state index in [1.165, 1.54) is 6.92 Å². The van der Waals surface area contributed by atoms with Gasteiger partial charge in [-0.15, -0.1) is 0 Å². The lowest BCUT2D eigenvalue weighted by Crippen LogP contribution is -2.44. The summed E-state index contributed by atoms with van der Waals surface area (Å²) in [6.07, 6.45) is 1.98. The normalized spacial score (nSPS) is 19.7. The van der Waals surface area contributed by atoms with E-state index in [-0.39, 0.29) is 0 Å². The maximum Gasteiger partial charge on any atom is 0.327 e. The maximum absolute atomic E-state index is 12.5. The van der Waals surface area contributed by atoms with Gasteiger partial charge in [0, 0.05) is 5.69 Å². The third-order valence-corrected chi connectivity index (χ3v) is 4.97. The molecule has 0 bridgehead atoms. The van der Waals surface area contributed by atoms with Gasteiger partial charge in [0.2, 0.25) is 0 Å². The lowest BCUT2D eigenvalue weighted by Gasteiger charge is -2.21. The minimum Gasteiger partial charge on any atom is -0.451 e. The number of nitrogens with one attached hydrogen (secondary N) is 2. The van der Waals surface area contributed by atoms with Crippen molar-refractivity contribution in [2.75, 3.05) is 11.9 Å². The number of esters is 1. The van der Waals surface area contributed by atoms with Crippen LogP contribution in [0.5, 0.6) is 0 Å². The number of rotatable bonds is 9. The molecule has 8 heteroatoms. The fourth-order valence-corrected chi connectivity index (χ4v) is 3.08. The summed E-state index contributed by atoms with van der Waals surface area (Å²) in [6.45, 7) is 6.57. The van der Waals surface area contributed by atoms with Crippen molar-refractivity contribution < 1.29 is 23.9 Å². The number of amides is 4. The molecule has 29 heavy (non-hydrogen) atoms. The van der Waals surface area contributed by atoms with E-state index in [1.54, 1.807) is 19.1 Å². The predicted octanol–water partition coefficient (Wildman–Crippen LogP) is 2.62. The van der Waals surface area contributed by atoms with Crippen LogP contribution in [0.25, 0.3) is 0 Å². The molecule has 8 nitrogen and oxygen atoms in total. The molecule has 4 amide bonds. The summed E-state index contributed by atoms with van der Waals surface area (Å²) in [7, 11) is 0. The van der Waals surface area contributed by atoms with Gasteiger partial charge < -0.3 is 15.4 Å². The second-order valence-electron chi connectivity index (χ2n) is 7.43. The second-order valence-corrected chi connectivity index (χ2v) is 7.43. The maximum atomic E-state index is 12.5. The summed E-state index contributed by atoms with van der Waals surface area (Å²) in [4.78, 5) is 49.9. The number of ether oxygens (including phenoxy) is 1. The van der Waals surface area contributed by atoms with Crippen molar-refractivity contribution in [3.05, 3.63) is 29.8 Å². The number of benzene rings is 1. The summed E-state index contributed by atoms with van der Waals surface area (Å²) < 4.78 is 5.11.